The van der Waals surface area contributed by atoms with Gasteiger partial charge in [-0.1, -0.05) is 6.92 Å². The van der Waals surface area contributed by atoms with Crippen LogP contribution in [-0.2, 0) is 4.79 Å². The molecule has 1 aliphatic rings. The molecule has 8 heteroatoms. The van der Waals surface area contributed by atoms with Gasteiger partial charge in [-0.15, -0.1) is 16.3 Å². The number of fused-ring (bicyclic) bond motifs is 1. The van der Waals surface area contributed by atoms with Crippen LogP contribution in [0.3, 0.4) is 0 Å². The van der Waals surface area contributed by atoms with E-state index in [-0.39, 0.29) is 5.91 Å². The van der Waals surface area contributed by atoms with Gasteiger partial charge in [0.1, 0.15) is 5.54 Å². The number of carbonyl (C=O) groups is 2. The fourth-order valence-electron chi connectivity index (χ4n) is 2.40. The molecule has 1 atom stereocenters. The topological polar surface area (TPSA) is 79.1 Å². The molecule has 0 radical (unpaired) electrons. The average molecular weight is 319 g/mol. The van der Waals surface area contributed by atoms with E-state index in [4.69, 9.17) is 0 Å². The molecule has 2 aromatic heterocycles. The first-order valence-electron chi connectivity index (χ1n) is 7.01. The molecule has 116 valence electrons. The van der Waals surface area contributed by atoms with Crippen LogP contribution in [-0.4, -0.2) is 38.1 Å². The molecule has 1 fully saturated rings. The highest BCUT2D eigenvalue weighted by Gasteiger charge is 2.46. The van der Waals surface area contributed by atoms with E-state index in [2.05, 4.69) is 15.4 Å². The Balaban J connectivity index is 1.97. The standard InChI is InChI=1S/C14H17N5O2S/c1-5-14(4)11(20)19(12(21)17-14)15-6-10-9(3)16-13-18(10)8(2)7-22-13/h6-7H,5H2,1-4H3,(H,17,21). The number of aryl methyl sites for hydroxylation is 2. The van der Waals surface area contributed by atoms with E-state index >= 15 is 0 Å². The third kappa shape index (κ3) is 2.02. The van der Waals surface area contributed by atoms with Crippen LogP contribution >= 0.6 is 11.3 Å². The summed E-state index contributed by atoms with van der Waals surface area (Å²) in [6.45, 7) is 7.41. The molecule has 3 rings (SSSR count). The van der Waals surface area contributed by atoms with Gasteiger partial charge in [-0.3, -0.25) is 9.20 Å². The Morgan fingerprint density at radius 2 is 2.18 bits per heavy atom. The summed E-state index contributed by atoms with van der Waals surface area (Å²) >= 11 is 1.54. The molecule has 3 heterocycles. The van der Waals surface area contributed by atoms with Crippen molar-refractivity contribution in [1.82, 2.24) is 19.7 Å². The van der Waals surface area contributed by atoms with Crippen LogP contribution in [0, 0.1) is 13.8 Å². The van der Waals surface area contributed by atoms with E-state index in [0.29, 0.717) is 6.42 Å². The van der Waals surface area contributed by atoms with E-state index in [0.717, 1.165) is 27.1 Å². The lowest BCUT2D eigenvalue weighted by atomic mass is 10.00. The van der Waals surface area contributed by atoms with Crippen molar-refractivity contribution in [3.05, 3.63) is 22.5 Å². The van der Waals surface area contributed by atoms with Crippen LogP contribution in [0.1, 0.15) is 37.4 Å². The molecular formula is C14H17N5O2S. The largest absolute Gasteiger partial charge is 0.346 e. The highest BCUT2D eigenvalue weighted by atomic mass is 32.1. The third-order valence-electron chi connectivity index (χ3n) is 4.00. The molecule has 1 unspecified atom stereocenters. The Morgan fingerprint density at radius 3 is 2.82 bits per heavy atom. The number of nitrogens with zero attached hydrogens (tertiary/aromatic N) is 4. The van der Waals surface area contributed by atoms with Gasteiger partial charge >= 0.3 is 6.03 Å². The smallest absolute Gasteiger partial charge is 0.322 e. The average Bonchev–Trinajstić information content (AvgIpc) is 3.05. The zero-order valence-corrected chi connectivity index (χ0v) is 13.7. The third-order valence-corrected chi connectivity index (χ3v) is 4.94. The predicted molar refractivity (Wildman–Crippen MR) is 84.2 cm³/mol. The molecule has 0 aliphatic carbocycles. The van der Waals surface area contributed by atoms with Gasteiger partial charge in [0, 0.05) is 11.1 Å². The van der Waals surface area contributed by atoms with Crippen molar-refractivity contribution in [3.8, 4) is 0 Å². The monoisotopic (exact) mass is 319 g/mol. The number of hydrogen-bond acceptors (Lipinski definition) is 5. The summed E-state index contributed by atoms with van der Waals surface area (Å²) in [5.41, 5.74) is 1.75. The van der Waals surface area contributed by atoms with Crippen molar-refractivity contribution < 1.29 is 9.59 Å². The van der Waals surface area contributed by atoms with E-state index in [9.17, 15) is 9.59 Å². The van der Waals surface area contributed by atoms with Crippen molar-refractivity contribution in [2.45, 2.75) is 39.7 Å². The second kappa shape index (κ2) is 4.91. The first-order valence-corrected chi connectivity index (χ1v) is 7.89. The second-order valence-corrected chi connectivity index (χ2v) is 6.39. The quantitative estimate of drug-likeness (QED) is 0.695. The Morgan fingerprint density at radius 1 is 1.45 bits per heavy atom. The van der Waals surface area contributed by atoms with Crippen LogP contribution in [0.25, 0.3) is 4.96 Å². The zero-order chi connectivity index (χ0) is 16.1. The van der Waals surface area contributed by atoms with Crippen molar-refractivity contribution in [1.29, 1.82) is 0 Å². The fourth-order valence-corrected chi connectivity index (χ4v) is 3.32. The summed E-state index contributed by atoms with van der Waals surface area (Å²) in [6.07, 6.45) is 2.04. The van der Waals surface area contributed by atoms with Crippen molar-refractivity contribution in [2.75, 3.05) is 0 Å². The molecule has 1 N–H and O–H groups in total. The lowest BCUT2D eigenvalue weighted by molar-refractivity contribution is -0.130. The van der Waals surface area contributed by atoms with Crippen LogP contribution in [0.5, 0.6) is 0 Å². The second-order valence-electron chi connectivity index (χ2n) is 5.55. The number of nitrogens with one attached hydrogen (secondary N) is 1. The van der Waals surface area contributed by atoms with Gasteiger partial charge in [0.25, 0.3) is 5.91 Å². The summed E-state index contributed by atoms with van der Waals surface area (Å²) in [4.78, 5) is 29.6. The maximum Gasteiger partial charge on any atom is 0.346 e. The normalized spacial score (nSPS) is 22.3. The number of aromatic nitrogens is 2. The molecule has 0 saturated carbocycles. The number of carbonyl (C=O) groups excluding carboxylic acids is 2. The van der Waals surface area contributed by atoms with Crippen LogP contribution < -0.4 is 5.32 Å². The fraction of sp³-hybridized carbons (Fsp3) is 0.429. The molecule has 2 aromatic rings. The van der Waals surface area contributed by atoms with Crippen LogP contribution in [0.2, 0.25) is 0 Å². The van der Waals surface area contributed by atoms with Crippen LogP contribution in [0.15, 0.2) is 10.5 Å². The number of imide groups is 1. The molecular weight excluding hydrogens is 302 g/mol. The Kier molecular flexibility index (Phi) is 3.28. The minimum absolute atomic E-state index is 0.336. The maximum atomic E-state index is 12.3. The van der Waals surface area contributed by atoms with Gasteiger partial charge in [0.05, 0.1) is 17.6 Å². The number of hydrazone groups is 1. The maximum absolute atomic E-state index is 12.3. The van der Waals surface area contributed by atoms with E-state index in [1.54, 1.807) is 18.3 Å². The van der Waals surface area contributed by atoms with Gasteiger partial charge in [-0.25, -0.2) is 9.78 Å². The van der Waals surface area contributed by atoms with Crippen molar-refractivity contribution in [2.24, 2.45) is 5.10 Å². The summed E-state index contributed by atoms with van der Waals surface area (Å²) in [6, 6.07) is -0.494. The molecule has 0 aromatic carbocycles. The molecule has 0 spiro atoms. The molecule has 1 saturated heterocycles. The highest BCUT2D eigenvalue weighted by molar-refractivity contribution is 7.15. The van der Waals surface area contributed by atoms with Gasteiger partial charge in [0.2, 0.25) is 0 Å². The summed E-state index contributed by atoms with van der Waals surface area (Å²) in [5.74, 6) is -0.336. The number of amides is 3. The van der Waals surface area contributed by atoms with Crippen LogP contribution in [0.4, 0.5) is 4.79 Å². The molecule has 0 bridgehead atoms. The zero-order valence-electron chi connectivity index (χ0n) is 12.9. The van der Waals surface area contributed by atoms with Gasteiger partial charge in [0.15, 0.2) is 4.96 Å². The van der Waals surface area contributed by atoms with Crippen molar-refractivity contribution >= 4 is 34.5 Å². The Bertz CT molecular complexity index is 806. The highest BCUT2D eigenvalue weighted by Crippen LogP contribution is 2.22. The number of urea groups is 1. The summed E-state index contributed by atoms with van der Waals surface area (Å²) in [7, 11) is 0. The van der Waals surface area contributed by atoms with Gasteiger partial charge in [-0.2, -0.15) is 5.10 Å². The molecule has 1 aliphatic heterocycles. The number of imidazole rings is 1. The minimum Gasteiger partial charge on any atom is -0.322 e. The summed E-state index contributed by atoms with van der Waals surface area (Å²) < 4.78 is 1.96. The molecule has 22 heavy (non-hydrogen) atoms. The number of rotatable bonds is 3. The minimum atomic E-state index is -0.880. The van der Waals surface area contributed by atoms with Gasteiger partial charge in [-0.05, 0) is 27.2 Å². The lowest BCUT2D eigenvalue weighted by Gasteiger charge is -2.17. The number of thiazole rings is 1. The van der Waals surface area contributed by atoms with Crippen molar-refractivity contribution in [3.63, 3.8) is 0 Å². The van der Waals surface area contributed by atoms with E-state index in [1.165, 1.54) is 6.21 Å². The van der Waals surface area contributed by atoms with E-state index < -0.39 is 11.6 Å². The first-order chi connectivity index (χ1) is 10.4. The predicted octanol–water partition coefficient (Wildman–Crippen LogP) is 2.07. The SMILES string of the molecule is CCC1(C)NC(=O)N(N=Cc2c(C)nc3scc(C)n23)C1=O. The molecule has 7 nitrogen and oxygen atoms in total. The first kappa shape index (κ1) is 14.7. The number of hydrogen-bond donors (Lipinski definition) is 1. The van der Waals surface area contributed by atoms with Gasteiger partial charge < -0.3 is 5.32 Å². The Labute approximate surface area is 131 Å². The molecule has 3 amide bonds. The lowest BCUT2D eigenvalue weighted by Crippen LogP contribution is -2.42. The van der Waals surface area contributed by atoms with E-state index in [1.807, 2.05) is 30.6 Å². The Hall–Kier alpha value is -2.22. The summed E-state index contributed by atoms with van der Waals surface area (Å²) in [5, 5.41) is 9.66.